The number of hydrogen-bond acceptors (Lipinski definition) is 5. The van der Waals surface area contributed by atoms with Gasteiger partial charge in [0, 0.05) is 36.7 Å². The van der Waals surface area contributed by atoms with Gasteiger partial charge in [0.1, 0.15) is 5.75 Å². The van der Waals surface area contributed by atoms with Crippen LogP contribution >= 0.6 is 0 Å². The molecule has 0 spiro atoms. The summed E-state index contributed by atoms with van der Waals surface area (Å²) in [5.41, 5.74) is 2.36. The van der Waals surface area contributed by atoms with Crippen molar-refractivity contribution in [3.63, 3.8) is 0 Å². The highest BCUT2D eigenvalue weighted by atomic mass is 16.5. The van der Waals surface area contributed by atoms with Crippen LogP contribution in [0, 0.1) is 0 Å². The third-order valence-corrected chi connectivity index (χ3v) is 4.30. The molecule has 3 rings (SSSR count). The van der Waals surface area contributed by atoms with Gasteiger partial charge in [0.05, 0.1) is 12.7 Å². The zero-order valence-corrected chi connectivity index (χ0v) is 16.3. The molecule has 28 heavy (non-hydrogen) atoms. The van der Waals surface area contributed by atoms with Gasteiger partial charge in [-0.25, -0.2) is 9.97 Å². The summed E-state index contributed by atoms with van der Waals surface area (Å²) in [5, 5.41) is 3.11. The van der Waals surface area contributed by atoms with Crippen molar-refractivity contribution in [1.29, 1.82) is 0 Å². The van der Waals surface area contributed by atoms with E-state index in [1.165, 1.54) is 0 Å². The molecule has 2 aromatic carbocycles. The number of aromatic nitrogens is 2. The number of ether oxygens (including phenoxy) is 1. The molecular formula is C22H24N4O2. The second kappa shape index (κ2) is 8.99. The Hall–Kier alpha value is -3.41. The Kier molecular flexibility index (Phi) is 6.22. The average molecular weight is 376 g/mol. The van der Waals surface area contributed by atoms with E-state index in [1.807, 2.05) is 73.3 Å². The van der Waals surface area contributed by atoms with Gasteiger partial charge >= 0.3 is 0 Å². The molecule has 0 aliphatic rings. The maximum absolute atomic E-state index is 13.0. The van der Waals surface area contributed by atoms with Gasteiger partial charge in [0.2, 0.25) is 5.95 Å². The summed E-state index contributed by atoms with van der Waals surface area (Å²) in [4.78, 5) is 23.3. The lowest BCUT2D eigenvalue weighted by atomic mass is 10.1. The van der Waals surface area contributed by atoms with Crippen molar-refractivity contribution in [2.45, 2.75) is 26.4 Å². The molecule has 0 fully saturated rings. The van der Waals surface area contributed by atoms with E-state index in [1.54, 1.807) is 19.5 Å². The van der Waals surface area contributed by atoms with Crippen LogP contribution < -0.4 is 10.1 Å². The number of carbonyl (C=O) groups excluding carboxylic acids is 1. The average Bonchev–Trinajstić information content (AvgIpc) is 2.73. The van der Waals surface area contributed by atoms with Crippen molar-refractivity contribution in [1.82, 2.24) is 14.9 Å². The SMILES string of the molecule is COc1cccc(Nc2ncc(C(=O)N(Cc3ccccc3)C(C)C)cn2)c1. The molecule has 1 amide bonds. The van der Waals surface area contributed by atoms with Gasteiger partial charge in [-0.3, -0.25) is 4.79 Å². The lowest BCUT2D eigenvalue weighted by Gasteiger charge is -2.26. The van der Waals surface area contributed by atoms with E-state index in [0.29, 0.717) is 18.1 Å². The Bertz CT molecular complexity index is 911. The Balaban J connectivity index is 1.72. The molecule has 1 aromatic heterocycles. The highest BCUT2D eigenvalue weighted by Gasteiger charge is 2.20. The molecule has 0 atom stereocenters. The fourth-order valence-corrected chi connectivity index (χ4v) is 2.77. The molecule has 1 heterocycles. The van der Waals surface area contributed by atoms with E-state index in [-0.39, 0.29) is 11.9 Å². The molecule has 0 unspecified atom stereocenters. The summed E-state index contributed by atoms with van der Waals surface area (Å²) in [6, 6.07) is 17.5. The molecule has 6 heteroatoms. The molecule has 0 aliphatic heterocycles. The van der Waals surface area contributed by atoms with Crippen molar-refractivity contribution in [3.05, 3.63) is 78.1 Å². The quantitative estimate of drug-likeness (QED) is 0.667. The van der Waals surface area contributed by atoms with Crippen LogP contribution in [0.2, 0.25) is 0 Å². The number of rotatable bonds is 7. The van der Waals surface area contributed by atoms with Crippen LogP contribution in [-0.4, -0.2) is 33.9 Å². The lowest BCUT2D eigenvalue weighted by molar-refractivity contribution is 0.0689. The predicted octanol–water partition coefficient (Wildman–Crippen LogP) is 4.28. The standard InChI is InChI=1S/C22H24N4O2/c1-16(2)26(15-17-8-5-4-6-9-17)21(27)18-13-23-22(24-14-18)25-19-10-7-11-20(12-19)28-3/h4-14,16H,15H2,1-3H3,(H,23,24,25). The molecule has 0 bridgehead atoms. The zero-order valence-electron chi connectivity index (χ0n) is 16.3. The summed E-state index contributed by atoms with van der Waals surface area (Å²) < 4.78 is 5.21. The van der Waals surface area contributed by atoms with E-state index in [0.717, 1.165) is 17.0 Å². The number of hydrogen-bond donors (Lipinski definition) is 1. The fourth-order valence-electron chi connectivity index (χ4n) is 2.77. The van der Waals surface area contributed by atoms with Gasteiger partial charge in [-0.15, -0.1) is 0 Å². The summed E-state index contributed by atoms with van der Waals surface area (Å²) in [7, 11) is 1.62. The van der Waals surface area contributed by atoms with Gasteiger partial charge in [-0.05, 0) is 31.5 Å². The third kappa shape index (κ3) is 4.85. The maximum Gasteiger partial charge on any atom is 0.257 e. The van der Waals surface area contributed by atoms with Crippen LogP contribution in [0.15, 0.2) is 67.0 Å². The first-order valence-corrected chi connectivity index (χ1v) is 9.15. The van der Waals surface area contributed by atoms with E-state index in [4.69, 9.17) is 4.74 Å². The Morgan fingerprint density at radius 1 is 1.07 bits per heavy atom. The first-order chi connectivity index (χ1) is 13.6. The van der Waals surface area contributed by atoms with E-state index in [9.17, 15) is 4.79 Å². The number of nitrogens with one attached hydrogen (secondary N) is 1. The van der Waals surface area contributed by atoms with Crippen molar-refractivity contribution in [2.24, 2.45) is 0 Å². The van der Waals surface area contributed by atoms with Gasteiger partial charge in [-0.1, -0.05) is 36.4 Å². The van der Waals surface area contributed by atoms with Crippen molar-refractivity contribution in [2.75, 3.05) is 12.4 Å². The number of amides is 1. The minimum absolute atomic E-state index is 0.0577. The molecule has 0 radical (unpaired) electrons. The minimum Gasteiger partial charge on any atom is -0.497 e. The van der Waals surface area contributed by atoms with Gasteiger partial charge in [0.25, 0.3) is 5.91 Å². The molecule has 0 aliphatic carbocycles. The summed E-state index contributed by atoms with van der Waals surface area (Å²) in [6.07, 6.45) is 3.11. The van der Waals surface area contributed by atoms with E-state index < -0.39 is 0 Å². The van der Waals surface area contributed by atoms with Crippen LogP contribution in [0.1, 0.15) is 29.8 Å². The first kappa shape index (κ1) is 19.4. The van der Waals surface area contributed by atoms with Crippen LogP contribution in [0.25, 0.3) is 0 Å². The number of anilines is 2. The monoisotopic (exact) mass is 376 g/mol. The van der Waals surface area contributed by atoms with Crippen LogP contribution in [0.4, 0.5) is 11.6 Å². The number of benzene rings is 2. The minimum atomic E-state index is -0.0909. The van der Waals surface area contributed by atoms with Gasteiger partial charge < -0.3 is 15.0 Å². The highest BCUT2D eigenvalue weighted by molar-refractivity contribution is 5.93. The van der Waals surface area contributed by atoms with E-state index in [2.05, 4.69) is 15.3 Å². The van der Waals surface area contributed by atoms with Gasteiger partial charge in [-0.2, -0.15) is 0 Å². The third-order valence-electron chi connectivity index (χ3n) is 4.30. The molecule has 0 saturated heterocycles. The largest absolute Gasteiger partial charge is 0.497 e. The molecule has 3 aromatic rings. The molecule has 144 valence electrons. The lowest BCUT2D eigenvalue weighted by Crippen LogP contribution is -2.36. The number of methoxy groups -OCH3 is 1. The van der Waals surface area contributed by atoms with Crippen molar-refractivity contribution < 1.29 is 9.53 Å². The van der Waals surface area contributed by atoms with Gasteiger partial charge in [0.15, 0.2) is 0 Å². The molecule has 6 nitrogen and oxygen atoms in total. The zero-order chi connectivity index (χ0) is 19.9. The second-order valence-electron chi connectivity index (χ2n) is 6.66. The second-order valence-corrected chi connectivity index (χ2v) is 6.66. The fraction of sp³-hybridized carbons (Fsp3) is 0.227. The summed E-state index contributed by atoms with van der Waals surface area (Å²) in [5.74, 6) is 1.07. The Labute approximate surface area is 165 Å². The van der Waals surface area contributed by atoms with Crippen LogP contribution in [0.3, 0.4) is 0 Å². The van der Waals surface area contributed by atoms with Crippen molar-refractivity contribution >= 4 is 17.5 Å². The first-order valence-electron chi connectivity index (χ1n) is 9.15. The Morgan fingerprint density at radius 3 is 2.43 bits per heavy atom. The van der Waals surface area contributed by atoms with E-state index >= 15 is 0 Å². The number of carbonyl (C=O) groups is 1. The maximum atomic E-state index is 13.0. The molecule has 1 N–H and O–H groups in total. The normalized spacial score (nSPS) is 10.6. The van der Waals surface area contributed by atoms with Crippen LogP contribution in [-0.2, 0) is 6.54 Å². The smallest absolute Gasteiger partial charge is 0.257 e. The molecular weight excluding hydrogens is 352 g/mol. The summed E-state index contributed by atoms with van der Waals surface area (Å²) >= 11 is 0. The summed E-state index contributed by atoms with van der Waals surface area (Å²) in [6.45, 7) is 4.54. The number of nitrogens with zero attached hydrogens (tertiary/aromatic N) is 3. The Morgan fingerprint density at radius 2 is 1.79 bits per heavy atom. The van der Waals surface area contributed by atoms with Crippen molar-refractivity contribution in [3.8, 4) is 5.75 Å². The highest BCUT2D eigenvalue weighted by Crippen LogP contribution is 2.19. The molecule has 0 saturated carbocycles. The topological polar surface area (TPSA) is 67.3 Å². The van der Waals surface area contributed by atoms with Crippen LogP contribution in [0.5, 0.6) is 5.75 Å². The predicted molar refractivity (Wildman–Crippen MR) is 110 cm³/mol.